The van der Waals surface area contributed by atoms with Crippen molar-refractivity contribution in [1.29, 1.82) is 0 Å². The quantitative estimate of drug-likeness (QED) is 0.873. The Kier molecular flexibility index (Phi) is 5.94. The Morgan fingerprint density at radius 1 is 1.41 bits per heavy atom. The minimum absolute atomic E-state index is 0.0518. The van der Waals surface area contributed by atoms with Crippen LogP contribution in [0.25, 0.3) is 0 Å². The highest BCUT2D eigenvalue weighted by Gasteiger charge is 2.21. The third-order valence-corrected chi connectivity index (χ3v) is 3.49. The summed E-state index contributed by atoms with van der Waals surface area (Å²) in [4.78, 5) is 13.7. The van der Waals surface area contributed by atoms with Gasteiger partial charge in [0.1, 0.15) is 12.4 Å². The van der Waals surface area contributed by atoms with Gasteiger partial charge in [0.15, 0.2) is 0 Å². The predicted octanol–water partition coefficient (Wildman–Crippen LogP) is 2.02. The van der Waals surface area contributed by atoms with Crippen molar-refractivity contribution < 1.29 is 23.0 Å². The van der Waals surface area contributed by atoms with Gasteiger partial charge in [-0.1, -0.05) is 0 Å². The normalized spacial score (nSPS) is 18.4. The van der Waals surface area contributed by atoms with Crippen LogP contribution >= 0.6 is 0 Å². The smallest absolute Gasteiger partial charge is 0.387 e. The lowest BCUT2D eigenvalue weighted by Gasteiger charge is -2.34. The van der Waals surface area contributed by atoms with Crippen molar-refractivity contribution in [2.75, 3.05) is 31.7 Å². The molecule has 2 rings (SSSR count). The Morgan fingerprint density at radius 3 is 2.77 bits per heavy atom. The molecule has 1 amide bonds. The molecule has 1 aromatic carbocycles. The Balaban J connectivity index is 1.92. The second-order valence-electron chi connectivity index (χ2n) is 5.16. The van der Waals surface area contributed by atoms with E-state index in [4.69, 9.17) is 4.74 Å². The Morgan fingerprint density at radius 2 is 2.14 bits per heavy atom. The highest BCUT2D eigenvalue weighted by atomic mass is 19.3. The number of nitrogens with zero attached hydrogens (tertiary/aromatic N) is 1. The van der Waals surface area contributed by atoms with Gasteiger partial charge < -0.3 is 19.7 Å². The molecule has 1 atom stereocenters. The number of hydrogen-bond acceptors (Lipinski definition) is 4. The first-order valence-corrected chi connectivity index (χ1v) is 7.16. The van der Waals surface area contributed by atoms with Crippen LogP contribution in [0.15, 0.2) is 24.3 Å². The molecule has 0 aliphatic carbocycles. The van der Waals surface area contributed by atoms with Gasteiger partial charge in [0.25, 0.3) is 0 Å². The number of amides is 1. The van der Waals surface area contributed by atoms with E-state index < -0.39 is 6.61 Å². The van der Waals surface area contributed by atoms with Crippen molar-refractivity contribution >= 4 is 11.6 Å². The highest BCUT2D eigenvalue weighted by molar-refractivity contribution is 5.77. The van der Waals surface area contributed by atoms with Gasteiger partial charge in [0.05, 0.1) is 0 Å². The van der Waals surface area contributed by atoms with Gasteiger partial charge in [-0.05, 0) is 37.1 Å². The van der Waals surface area contributed by atoms with Crippen molar-refractivity contribution in [3.05, 3.63) is 24.3 Å². The highest BCUT2D eigenvalue weighted by Crippen LogP contribution is 2.23. The minimum Gasteiger partial charge on any atom is -0.435 e. The summed E-state index contributed by atoms with van der Waals surface area (Å²) < 4.78 is 33.4. The van der Waals surface area contributed by atoms with E-state index in [1.54, 1.807) is 12.1 Å². The largest absolute Gasteiger partial charge is 0.435 e. The number of carbonyl (C=O) groups excluding carboxylic acids is 1. The fraction of sp³-hybridized carbons (Fsp3) is 0.533. The van der Waals surface area contributed by atoms with Crippen LogP contribution in [0, 0.1) is 0 Å². The zero-order valence-electron chi connectivity index (χ0n) is 12.4. The summed E-state index contributed by atoms with van der Waals surface area (Å²) in [6.07, 6.45) is 1.87. The molecule has 0 bridgehead atoms. The van der Waals surface area contributed by atoms with Crippen LogP contribution in [0.1, 0.15) is 12.8 Å². The summed E-state index contributed by atoms with van der Waals surface area (Å²) in [6.45, 7) is -1.21. The number of piperidine rings is 1. The molecule has 1 aliphatic heterocycles. The van der Waals surface area contributed by atoms with Gasteiger partial charge >= 0.3 is 6.61 Å². The second kappa shape index (κ2) is 7.93. The average molecular weight is 314 g/mol. The number of nitrogens with one attached hydrogen (secondary N) is 1. The molecule has 1 N–H and O–H groups in total. The second-order valence-corrected chi connectivity index (χ2v) is 5.16. The number of ether oxygens (including phenoxy) is 2. The number of benzene rings is 1. The summed E-state index contributed by atoms with van der Waals surface area (Å²) in [5.41, 5.74) is 0.923. The number of alkyl halides is 2. The van der Waals surface area contributed by atoms with Crippen LogP contribution in [0.2, 0.25) is 0 Å². The molecular weight excluding hydrogens is 294 g/mol. The molecule has 0 aromatic heterocycles. The first kappa shape index (κ1) is 16.5. The zero-order valence-corrected chi connectivity index (χ0v) is 12.4. The molecule has 1 aromatic rings. The first-order chi connectivity index (χ1) is 10.6. The molecule has 1 fully saturated rings. The van der Waals surface area contributed by atoms with Crippen molar-refractivity contribution in [2.24, 2.45) is 0 Å². The molecule has 0 spiro atoms. The molecule has 22 heavy (non-hydrogen) atoms. The molecular formula is C15H20F2N2O3. The van der Waals surface area contributed by atoms with E-state index in [0.717, 1.165) is 25.1 Å². The van der Waals surface area contributed by atoms with Crippen LogP contribution in [0.5, 0.6) is 5.75 Å². The van der Waals surface area contributed by atoms with Gasteiger partial charge in [-0.25, -0.2) is 0 Å². The summed E-state index contributed by atoms with van der Waals surface area (Å²) in [6, 6.07) is 6.60. The lowest BCUT2D eigenvalue weighted by atomic mass is 10.0. The number of rotatable bonds is 6. The Bertz CT molecular complexity index is 482. The topological polar surface area (TPSA) is 50.8 Å². The molecule has 7 heteroatoms. The third-order valence-electron chi connectivity index (χ3n) is 3.49. The molecule has 0 unspecified atom stereocenters. The monoisotopic (exact) mass is 314 g/mol. The molecule has 0 radical (unpaired) electrons. The minimum atomic E-state index is -2.82. The molecule has 5 nitrogen and oxygen atoms in total. The van der Waals surface area contributed by atoms with Crippen molar-refractivity contribution in [3.63, 3.8) is 0 Å². The van der Waals surface area contributed by atoms with Crippen molar-refractivity contribution in [1.82, 2.24) is 5.32 Å². The average Bonchev–Trinajstić information content (AvgIpc) is 2.48. The van der Waals surface area contributed by atoms with Gasteiger partial charge in [0, 0.05) is 31.9 Å². The van der Waals surface area contributed by atoms with Crippen LogP contribution in [-0.4, -0.2) is 45.4 Å². The molecule has 1 saturated heterocycles. The van der Waals surface area contributed by atoms with Crippen LogP contribution < -0.4 is 15.0 Å². The van der Waals surface area contributed by atoms with Crippen molar-refractivity contribution in [2.45, 2.75) is 25.5 Å². The van der Waals surface area contributed by atoms with Gasteiger partial charge in [-0.2, -0.15) is 8.78 Å². The standard InChI is InChI=1S/C15H20F2N2O3/c1-21-10-14(20)18-11-3-2-8-19(9-11)12-4-6-13(7-5-12)22-15(16)17/h4-7,11,15H,2-3,8-10H2,1H3,(H,18,20)/t11-/m1/s1. The van der Waals surface area contributed by atoms with E-state index >= 15 is 0 Å². The Labute approximate surface area is 128 Å². The zero-order chi connectivity index (χ0) is 15.9. The maximum absolute atomic E-state index is 12.1. The summed E-state index contributed by atoms with van der Waals surface area (Å²) in [5, 5.41) is 2.93. The first-order valence-electron chi connectivity index (χ1n) is 7.16. The van der Waals surface area contributed by atoms with E-state index in [2.05, 4.69) is 15.0 Å². The van der Waals surface area contributed by atoms with Crippen molar-refractivity contribution in [3.8, 4) is 5.75 Å². The number of halogens is 2. The summed E-state index contributed by atoms with van der Waals surface area (Å²) >= 11 is 0. The van der Waals surface area contributed by atoms with E-state index in [0.29, 0.717) is 6.54 Å². The maximum atomic E-state index is 12.1. The number of anilines is 1. The van der Waals surface area contributed by atoms with Crippen LogP contribution in [0.3, 0.4) is 0 Å². The number of carbonyl (C=O) groups is 1. The number of methoxy groups -OCH3 is 1. The van der Waals surface area contributed by atoms with E-state index in [1.165, 1.54) is 19.2 Å². The molecule has 122 valence electrons. The van der Waals surface area contributed by atoms with Crippen LogP contribution in [-0.2, 0) is 9.53 Å². The SMILES string of the molecule is COCC(=O)N[C@@H]1CCCN(c2ccc(OC(F)F)cc2)C1. The molecule has 1 heterocycles. The lowest BCUT2D eigenvalue weighted by Crippen LogP contribution is -2.48. The van der Waals surface area contributed by atoms with E-state index in [-0.39, 0.29) is 24.3 Å². The van der Waals surface area contributed by atoms with Crippen LogP contribution in [0.4, 0.5) is 14.5 Å². The fourth-order valence-electron chi connectivity index (χ4n) is 2.57. The predicted molar refractivity (Wildman–Crippen MR) is 78.3 cm³/mol. The fourth-order valence-corrected chi connectivity index (χ4v) is 2.57. The van der Waals surface area contributed by atoms with E-state index in [1.807, 2.05) is 0 Å². The maximum Gasteiger partial charge on any atom is 0.387 e. The number of hydrogen-bond donors (Lipinski definition) is 1. The lowest BCUT2D eigenvalue weighted by molar-refractivity contribution is -0.125. The summed E-state index contributed by atoms with van der Waals surface area (Å²) in [7, 11) is 1.48. The molecule has 1 aliphatic rings. The summed E-state index contributed by atoms with van der Waals surface area (Å²) in [5.74, 6) is 0.00994. The van der Waals surface area contributed by atoms with Gasteiger partial charge in [-0.15, -0.1) is 0 Å². The van der Waals surface area contributed by atoms with Gasteiger partial charge in [0.2, 0.25) is 5.91 Å². The van der Waals surface area contributed by atoms with Gasteiger partial charge in [-0.3, -0.25) is 4.79 Å². The molecule has 0 saturated carbocycles. The Hall–Kier alpha value is -1.89. The third kappa shape index (κ3) is 4.84. The van der Waals surface area contributed by atoms with E-state index in [9.17, 15) is 13.6 Å².